The van der Waals surface area contributed by atoms with Gasteiger partial charge < -0.3 is 18.9 Å². The Hall–Kier alpha value is -3.28. The molecule has 0 saturated heterocycles. The van der Waals surface area contributed by atoms with E-state index in [9.17, 15) is 9.59 Å². The van der Waals surface area contributed by atoms with Crippen LogP contribution in [-0.2, 0) is 19.1 Å². The number of esters is 2. The van der Waals surface area contributed by atoms with Gasteiger partial charge in [0.1, 0.15) is 11.5 Å². The highest BCUT2D eigenvalue weighted by molar-refractivity contribution is 6.11. The zero-order valence-corrected chi connectivity index (χ0v) is 35.7. The lowest BCUT2D eigenvalue weighted by atomic mass is 10.0. The largest absolute Gasteiger partial charge is 0.492 e. The van der Waals surface area contributed by atoms with E-state index in [1.165, 1.54) is 103 Å². The predicted octanol–water partition coefficient (Wildman–Crippen LogP) is 14.8. The summed E-state index contributed by atoms with van der Waals surface area (Å²) in [6.45, 7) is 6.85. The molecule has 0 aliphatic heterocycles. The highest BCUT2D eigenvalue weighted by atomic mass is 16.5. The smallest absolute Gasteiger partial charge is 0.305 e. The molecule has 0 aromatic heterocycles. The summed E-state index contributed by atoms with van der Waals surface area (Å²) in [5, 5.41) is 4.55. The Labute approximate surface area is 341 Å². The van der Waals surface area contributed by atoms with E-state index in [2.05, 4.69) is 62.4 Å². The van der Waals surface area contributed by atoms with Gasteiger partial charge in [0.2, 0.25) is 0 Å². The fraction of sp³-hybridized carbons (Fsp3) is 0.680. The van der Waals surface area contributed by atoms with Crippen LogP contribution in [0.15, 0.2) is 48.5 Å². The molecule has 0 aliphatic rings. The second-order valence-electron chi connectivity index (χ2n) is 15.9. The maximum atomic E-state index is 11.7. The number of unbranched alkanes of at least 4 members (excludes halogenated alkanes) is 22. The molecule has 6 nitrogen and oxygen atoms in total. The van der Waals surface area contributed by atoms with Gasteiger partial charge in [-0.1, -0.05) is 191 Å². The lowest BCUT2D eigenvalue weighted by Gasteiger charge is -2.18. The van der Waals surface area contributed by atoms with Crippen molar-refractivity contribution in [2.75, 3.05) is 26.4 Å². The molecule has 0 fully saturated rings. The topological polar surface area (TPSA) is 71.1 Å². The van der Waals surface area contributed by atoms with E-state index < -0.39 is 0 Å². The van der Waals surface area contributed by atoms with Crippen LogP contribution in [-0.4, -0.2) is 38.4 Å². The summed E-state index contributed by atoms with van der Waals surface area (Å²) in [5.74, 6) is 1.92. The number of fused-ring (bicyclic) bond motifs is 2. The van der Waals surface area contributed by atoms with Crippen molar-refractivity contribution in [2.24, 2.45) is 0 Å². The molecule has 3 rings (SSSR count). The van der Waals surface area contributed by atoms with Gasteiger partial charge in [-0.05, 0) is 38.5 Å². The minimum Gasteiger partial charge on any atom is -0.492 e. The Kier molecular flexibility index (Phi) is 26.7. The third-order valence-corrected chi connectivity index (χ3v) is 10.9. The van der Waals surface area contributed by atoms with E-state index >= 15 is 0 Å². The fourth-order valence-electron chi connectivity index (χ4n) is 7.44. The van der Waals surface area contributed by atoms with Crippen LogP contribution in [0.5, 0.6) is 11.5 Å². The summed E-state index contributed by atoms with van der Waals surface area (Å²) >= 11 is 0. The third-order valence-electron chi connectivity index (χ3n) is 10.9. The van der Waals surface area contributed by atoms with E-state index in [0.717, 1.165) is 110 Å². The maximum Gasteiger partial charge on any atom is 0.305 e. The first-order valence-corrected chi connectivity index (χ1v) is 23.2. The summed E-state index contributed by atoms with van der Waals surface area (Å²) in [6, 6.07) is 17.1. The molecule has 6 heteroatoms. The third kappa shape index (κ3) is 20.2. The SMILES string of the molecule is CCCCOC(=O)CCCCCCCCCCCCCOc1c2ccccc2c(OCCCCCCCCCCCCCC(=O)OCCCC)c2ccccc12. The molecule has 0 amide bonds. The molecule has 56 heavy (non-hydrogen) atoms. The van der Waals surface area contributed by atoms with Crippen molar-refractivity contribution in [3.8, 4) is 11.5 Å². The molecule has 0 atom stereocenters. The Morgan fingerprint density at radius 3 is 0.911 bits per heavy atom. The lowest BCUT2D eigenvalue weighted by molar-refractivity contribution is -0.144. The van der Waals surface area contributed by atoms with Gasteiger partial charge in [-0.25, -0.2) is 0 Å². The molecule has 0 spiro atoms. The normalized spacial score (nSPS) is 11.3. The number of benzene rings is 3. The number of carbonyl (C=O) groups is 2. The minimum atomic E-state index is -0.0254. The van der Waals surface area contributed by atoms with Crippen molar-refractivity contribution in [1.29, 1.82) is 0 Å². The number of carbonyl (C=O) groups excluding carboxylic acids is 2. The molecule has 0 radical (unpaired) electrons. The van der Waals surface area contributed by atoms with Crippen molar-refractivity contribution in [3.05, 3.63) is 48.5 Å². The second kappa shape index (κ2) is 31.8. The van der Waals surface area contributed by atoms with Crippen molar-refractivity contribution >= 4 is 33.5 Å². The van der Waals surface area contributed by atoms with Crippen molar-refractivity contribution < 1.29 is 28.5 Å². The minimum absolute atomic E-state index is 0.0254. The number of hydrogen-bond acceptors (Lipinski definition) is 6. The van der Waals surface area contributed by atoms with Crippen LogP contribution < -0.4 is 9.47 Å². The summed E-state index contributed by atoms with van der Waals surface area (Å²) < 4.78 is 23.6. The molecule has 0 unspecified atom stereocenters. The Bertz CT molecular complexity index is 1290. The van der Waals surface area contributed by atoms with Gasteiger partial charge in [0.15, 0.2) is 0 Å². The monoisotopic (exact) mass is 775 g/mol. The fourth-order valence-corrected chi connectivity index (χ4v) is 7.44. The van der Waals surface area contributed by atoms with Gasteiger partial charge in [-0.3, -0.25) is 9.59 Å². The first-order chi connectivity index (χ1) is 27.7. The molecule has 0 saturated carbocycles. The molecule has 0 N–H and O–H groups in total. The Morgan fingerprint density at radius 1 is 0.357 bits per heavy atom. The van der Waals surface area contributed by atoms with Crippen LogP contribution in [0.2, 0.25) is 0 Å². The zero-order valence-electron chi connectivity index (χ0n) is 35.7. The molecular weight excluding hydrogens is 697 g/mol. The van der Waals surface area contributed by atoms with Gasteiger partial charge in [-0.2, -0.15) is 0 Å². The van der Waals surface area contributed by atoms with Crippen LogP contribution in [0, 0.1) is 0 Å². The van der Waals surface area contributed by atoms with Crippen LogP contribution in [0.25, 0.3) is 21.5 Å². The average Bonchev–Trinajstić information content (AvgIpc) is 3.21. The van der Waals surface area contributed by atoms with Gasteiger partial charge >= 0.3 is 11.9 Å². The Morgan fingerprint density at radius 2 is 0.625 bits per heavy atom. The van der Waals surface area contributed by atoms with Gasteiger partial charge in [0.05, 0.1) is 26.4 Å². The van der Waals surface area contributed by atoms with Crippen molar-refractivity contribution in [1.82, 2.24) is 0 Å². The molecule has 314 valence electrons. The van der Waals surface area contributed by atoms with E-state index in [1.807, 2.05) is 0 Å². The first kappa shape index (κ1) is 47.1. The van der Waals surface area contributed by atoms with E-state index in [4.69, 9.17) is 18.9 Å². The van der Waals surface area contributed by atoms with Gasteiger partial charge in [0, 0.05) is 34.4 Å². The quantitative estimate of drug-likeness (QED) is 0.0333. The summed E-state index contributed by atoms with van der Waals surface area (Å²) in [7, 11) is 0. The van der Waals surface area contributed by atoms with E-state index in [1.54, 1.807) is 0 Å². The highest BCUT2D eigenvalue weighted by Crippen LogP contribution is 2.42. The van der Waals surface area contributed by atoms with Crippen LogP contribution in [0.3, 0.4) is 0 Å². The summed E-state index contributed by atoms with van der Waals surface area (Å²) in [4.78, 5) is 23.4. The van der Waals surface area contributed by atoms with E-state index in [0.29, 0.717) is 26.1 Å². The van der Waals surface area contributed by atoms with Crippen LogP contribution in [0.1, 0.15) is 194 Å². The number of rotatable bonds is 36. The second-order valence-corrected chi connectivity index (χ2v) is 15.9. The first-order valence-electron chi connectivity index (χ1n) is 23.2. The molecular formula is C50H78O6. The molecule has 3 aromatic carbocycles. The Balaban J connectivity index is 1.25. The van der Waals surface area contributed by atoms with Crippen molar-refractivity contribution in [2.45, 2.75) is 194 Å². The molecule has 0 aliphatic carbocycles. The van der Waals surface area contributed by atoms with Gasteiger partial charge in [-0.15, -0.1) is 0 Å². The van der Waals surface area contributed by atoms with E-state index in [-0.39, 0.29) is 11.9 Å². The molecule has 3 aromatic rings. The van der Waals surface area contributed by atoms with Crippen LogP contribution in [0.4, 0.5) is 0 Å². The van der Waals surface area contributed by atoms with Crippen molar-refractivity contribution in [3.63, 3.8) is 0 Å². The maximum absolute atomic E-state index is 11.7. The standard InChI is InChI=1S/C50H78O6/c1-3-5-39-53-47(51)37-25-21-17-13-9-7-11-15-19-23-31-41-55-49-43-33-27-29-35-45(43)50(46-36-30-28-34-44(46)49)56-42-32-24-20-16-12-8-10-14-18-22-26-38-48(52)54-40-6-4-2/h27-30,33-36H,3-26,31-32,37-42H2,1-2H3. The van der Waals surface area contributed by atoms with Gasteiger partial charge in [0.25, 0.3) is 0 Å². The summed E-state index contributed by atoms with van der Waals surface area (Å²) in [5.41, 5.74) is 0. The average molecular weight is 775 g/mol. The number of ether oxygens (including phenoxy) is 4. The lowest BCUT2D eigenvalue weighted by Crippen LogP contribution is -2.05. The molecule has 0 heterocycles. The zero-order chi connectivity index (χ0) is 39.7. The molecule has 0 bridgehead atoms. The van der Waals surface area contributed by atoms with Crippen LogP contribution >= 0.6 is 0 Å². The number of hydrogen-bond donors (Lipinski definition) is 0. The predicted molar refractivity (Wildman–Crippen MR) is 235 cm³/mol. The summed E-state index contributed by atoms with van der Waals surface area (Å²) in [6.07, 6.45) is 31.9. The highest BCUT2D eigenvalue weighted by Gasteiger charge is 2.16.